The van der Waals surface area contributed by atoms with Crippen molar-refractivity contribution in [1.82, 2.24) is 0 Å². The van der Waals surface area contributed by atoms with Crippen LogP contribution >= 0.6 is 0 Å². The van der Waals surface area contributed by atoms with Crippen LogP contribution in [0, 0.1) is 0 Å². The van der Waals surface area contributed by atoms with E-state index in [0.29, 0.717) is 6.04 Å². The van der Waals surface area contributed by atoms with Gasteiger partial charge in [0.25, 0.3) is 0 Å². The summed E-state index contributed by atoms with van der Waals surface area (Å²) in [5, 5.41) is 0. The van der Waals surface area contributed by atoms with Gasteiger partial charge in [0.1, 0.15) is 0 Å². The first kappa shape index (κ1) is 16.4. The van der Waals surface area contributed by atoms with Crippen molar-refractivity contribution in [3.63, 3.8) is 0 Å². The van der Waals surface area contributed by atoms with E-state index in [9.17, 15) is 0 Å². The number of rotatable bonds is 7. The summed E-state index contributed by atoms with van der Waals surface area (Å²) < 4.78 is 0. The molecular weight excluding hydrogens is 280 g/mol. The molecule has 2 heteroatoms. The van der Waals surface area contributed by atoms with Gasteiger partial charge in [0.15, 0.2) is 0 Å². The Balaban J connectivity index is 1.71. The minimum Gasteiger partial charge on any atom is -0.398 e. The molecule has 1 atom stereocenters. The van der Waals surface area contributed by atoms with Crippen LogP contribution in [0.5, 0.6) is 0 Å². The topological polar surface area (TPSA) is 29.3 Å². The first-order valence-electron chi connectivity index (χ1n) is 9.67. The number of fused-ring (bicyclic) bond motifs is 2. The van der Waals surface area contributed by atoms with Crippen LogP contribution in [0.3, 0.4) is 0 Å². The SMILES string of the molecule is CCCCCCCCN1c2ccccc2C(N)=C2CCCCC21. The Hall–Kier alpha value is -1.44. The van der Waals surface area contributed by atoms with Crippen LogP contribution in [0.15, 0.2) is 29.8 Å². The number of nitrogens with two attached hydrogens (primary N) is 1. The fourth-order valence-corrected chi connectivity index (χ4v) is 4.28. The average Bonchev–Trinajstić information content (AvgIpc) is 2.60. The lowest BCUT2D eigenvalue weighted by Crippen LogP contribution is -2.43. The molecule has 2 aliphatic rings. The summed E-state index contributed by atoms with van der Waals surface area (Å²) in [6.45, 7) is 3.47. The van der Waals surface area contributed by atoms with Gasteiger partial charge in [0.05, 0.1) is 6.04 Å². The van der Waals surface area contributed by atoms with E-state index in [-0.39, 0.29) is 0 Å². The van der Waals surface area contributed by atoms with Crippen LogP contribution in [0.4, 0.5) is 5.69 Å². The molecule has 3 rings (SSSR count). The largest absolute Gasteiger partial charge is 0.398 e. The molecule has 1 aromatic carbocycles. The molecule has 1 heterocycles. The summed E-state index contributed by atoms with van der Waals surface area (Å²) in [6, 6.07) is 9.32. The fourth-order valence-electron chi connectivity index (χ4n) is 4.28. The van der Waals surface area contributed by atoms with Crippen molar-refractivity contribution in [2.24, 2.45) is 5.73 Å². The number of anilines is 1. The van der Waals surface area contributed by atoms with Gasteiger partial charge in [-0.15, -0.1) is 0 Å². The molecule has 1 aromatic rings. The summed E-state index contributed by atoms with van der Waals surface area (Å²) >= 11 is 0. The lowest BCUT2D eigenvalue weighted by atomic mass is 9.82. The zero-order chi connectivity index (χ0) is 16.1. The number of hydrogen-bond acceptors (Lipinski definition) is 2. The quantitative estimate of drug-likeness (QED) is 0.675. The third kappa shape index (κ3) is 3.57. The van der Waals surface area contributed by atoms with Crippen LogP contribution in [0.25, 0.3) is 5.70 Å². The predicted octanol–water partition coefficient (Wildman–Crippen LogP) is 5.48. The van der Waals surface area contributed by atoms with Gasteiger partial charge in [0, 0.05) is 23.5 Å². The minimum absolute atomic E-state index is 0.564. The Bertz CT molecular complexity index is 547. The second-order valence-electron chi connectivity index (χ2n) is 7.18. The minimum atomic E-state index is 0.564. The van der Waals surface area contributed by atoms with Gasteiger partial charge in [-0.25, -0.2) is 0 Å². The lowest BCUT2D eigenvalue weighted by molar-refractivity contribution is 0.487. The standard InChI is InChI=1S/C21H32N2/c1-2-3-4-5-6-11-16-23-19-14-9-7-12-17(19)21(22)18-13-8-10-15-20(18)23/h7,9,12,14,20H,2-6,8,10-11,13,15-16,22H2,1H3. The fraction of sp³-hybridized carbons (Fsp3) is 0.619. The lowest BCUT2D eigenvalue weighted by Gasteiger charge is -2.43. The van der Waals surface area contributed by atoms with E-state index in [1.165, 1.54) is 87.6 Å². The van der Waals surface area contributed by atoms with E-state index in [4.69, 9.17) is 5.73 Å². The van der Waals surface area contributed by atoms with Gasteiger partial charge in [-0.2, -0.15) is 0 Å². The molecule has 126 valence electrons. The summed E-state index contributed by atoms with van der Waals surface area (Å²) in [5.74, 6) is 0. The molecule has 0 saturated heterocycles. The van der Waals surface area contributed by atoms with E-state index in [1.807, 2.05) is 0 Å². The highest BCUT2D eigenvalue weighted by Crippen LogP contribution is 2.41. The Kier molecular flexibility index (Phi) is 5.64. The molecule has 1 saturated carbocycles. The van der Waals surface area contributed by atoms with Crippen molar-refractivity contribution in [3.8, 4) is 0 Å². The third-order valence-corrected chi connectivity index (χ3v) is 5.55. The molecule has 2 nitrogen and oxygen atoms in total. The summed E-state index contributed by atoms with van der Waals surface area (Å²) in [5.41, 5.74) is 11.8. The summed E-state index contributed by atoms with van der Waals surface area (Å²) in [4.78, 5) is 2.67. The first-order chi connectivity index (χ1) is 11.3. The van der Waals surface area contributed by atoms with E-state index in [2.05, 4.69) is 36.1 Å². The molecule has 0 aromatic heterocycles. The normalized spacial score (nSPS) is 20.4. The summed E-state index contributed by atoms with van der Waals surface area (Å²) in [6.07, 6.45) is 13.3. The van der Waals surface area contributed by atoms with Gasteiger partial charge < -0.3 is 10.6 Å². The maximum absolute atomic E-state index is 6.53. The van der Waals surface area contributed by atoms with Crippen LogP contribution in [0.2, 0.25) is 0 Å². The van der Waals surface area contributed by atoms with Crippen LogP contribution < -0.4 is 10.6 Å². The Labute approximate surface area is 141 Å². The van der Waals surface area contributed by atoms with E-state index in [1.54, 1.807) is 0 Å². The van der Waals surface area contributed by atoms with Crippen LogP contribution in [0.1, 0.15) is 76.7 Å². The highest BCUT2D eigenvalue weighted by molar-refractivity contribution is 5.82. The molecule has 1 aliphatic carbocycles. The van der Waals surface area contributed by atoms with Gasteiger partial charge in [0.2, 0.25) is 0 Å². The number of benzene rings is 1. The van der Waals surface area contributed by atoms with Gasteiger partial charge >= 0.3 is 0 Å². The van der Waals surface area contributed by atoms with Crippen molar-refractivity contribution in [1.29, 1.82) is 0 Å². The van der Waals surface area contributed by atoms with Crippen molar-refractivity contribution < 1.29 is 0 Å². The number of hydrogen-bond donors (Lipinski definition) is 1. The summed E-state index contributed by atoms with van der Waals surface area (Å²) in [7, 11) is 0. The maximum Gasteiger partial charge on any atom is 0.0525 e. The van der Waals surface area contributed by atoms with Gasteiger partial charge in [-0.1, -0.05) is 63.6 Å². The van der Waals surface area contributed by atoms with Crippen LogP contribution in [-0.2, 0) is 0 Å². The zero-order valence-electron chi connectivity index (χ0n) is 14.7. The molecule has 1 fully saturated rings. The molecule has 0 amide bonds. The Morgan fingerprint density at radius 2 is 1.83 bits per heavy atom. The second kappa shape index (κ2) is 7.90. The van der Waals surface area contributed by atoms with Crippen molar-refractivity contribution in [3.05, 3.63) is 35.4 Å². The van der Waals surface area contributed by atoms with Crippen molar-refractivity contribution in [2.45, 2.75) is 77.2 Å². The maximum atomic E-state index is 6.53. The zero-order valence-corrected chi connectivity index (χ0v) is 14.7. The highest BCUT2D eigenvalue weighted by atomic mass is 15.2. The third-order valence-electron chi connectivity index (χ3n) is 5.55. The number of unbranched alkanes of at least 4 members (excludes halogenated alkanes) is 5. The molecule has 1 aliphatic heterocycles. The van der Waals surface area contributed by atoms with Crippen LogP contribution in [-0.4, -0.2) is 12.6 Å². The molecule has 1 unspecified atom stereocenters. The molecule has 23 heavy (non-hydrogen) atoms. The van der Waals surface area contributed by atoms with Crippen molar-refractivity contribution in [2.75, 3.05) is 11.4 Å². The Morgan fingerprint density at radius 3 is 2.70 bits per heavy atom. The molecule has 0 spiro atoms. The number of nitrogens with zero attached hydrogens (tertiary/aromatic N) is 1. The van der Waals surface area contributed by atoms with Crippen molar-refractivity contribution >= 4 is 11.4 Å². The van der Waals surface area contributed by atoms with Gasteiger partial charge in [-0.05, 0) is 37.3 Å². The first-order valence-corrected chi connectivity index (χ1v) is 9.67. The Morgan fingerprint density at radius 1 is 1.04 bits per heavy atom. The number of para-hydroxylation sites is 1. The molecular formula is C21H32N2. The van der Waals surface area contributed by atoms with E-state index in [0.717, 1.165) is 5.70 Å². The van der Waals surface area contributed by atoms with E-state index < -0.39 is 0 Å². The molecule has 0 radical (unpaired) electrons. The highest BCUT2D eigenvalue weighted by Gasteiger charge is 2.32. The van der Waals surface area contributed by atoms with Gasteiger partial charge in [-0.3, -0.25) is 0 Å². The predicted molar refractivity (Wildman–Crippen MR) is 101 cm³/mol. The second-order valence-corrected chi connectivity index (χ2v) is 7.18. The smallest absolute Gasteiger partial charge is 0.0525 e. The molecule has 2 N–H and O–H groups in total. The molecule has 0 bridgehead atoms. The monoisotopic (exact) mass is 312 g/mol. The van der Waals surface area contributed by atoms with E-state index >= 15 is 0 Å². The average molecular weight is 313 g/mol.